The second kappa shape index (κ2) is 5.48. The van der Waals surface area contributed by atoms with Crippen molar-refractivity contribution in [2.45, 2.75) is 44.1 Å². The largest absolute Gasteiger partial charge is 0.347 e. The fourth-order valence-corrected chi connectivity index (χ4v) is 6.04. The summed E-state index contributed by atoms with van der Waals surface area (Å²) >= 11 is 0. The van der Waals surface area contributed by atoms with Crippen LogP contribution in [0.25, 0.3) is 0 Å². The van der Waals surface area contributed by atoms with E-state index in [-0.39, 0.29) is 11.4 Å². The number of anilines is 1. The van der Waals surface area contributed by atoms with Gasteiger partial charge in [-0.1, -0.05) is 0 Å². The van der Waals surface area contributed by atoms with Gasteiger partial charge in [0, 0.05) is 16.8 Å². The van der Waals surface area contributed by atoms with Crippen LogP contribution in [0.2, 0.25) is 0 Å². The van der Waals surface area contributed by atoms with Crippen LogP contribution in [0.5, 0.6) is 0 Å². The molecular weight excluding hydrogens is 324 g/mol. The van der Waals surface area contributed by atoms with Crippen LogP contribution in [0.3, 0.4) is 0 Å². The van der Waals surface area contributed by atoms with Gasteiger partial charge in [-0.2, -0.15) is 0 Å². The highest BCUT2D eigenvalue weighted by Crippen LogP contribution is 2.55. The third-order valence-corrected chi connectivity index (χ3v) is 6.47. The van der Waals surface area contributed by atoms with Gasteiger partial charge in [0.1, 0.15) is 0 Å². The number of nitrogens with one attached hydrogen (secondary N) is 2. The molecule has 0 aliphatic heterocycles. The van der Waals surface area contributed by atoms with E-state index in [4.69, 9.17) is 0 Å². The maximum absolute atomic E-state index is 12.7. The molecule has 2 N–H and O–H groups in total. The highest BCUT2D eigenvalue weighted by atomic mass is 32.2. The molecule has 4 aliphatic carbocycles. The fraction of sp³-hybridized carbons (Fsp3) is 0.611. The monoisotopic (exact) mass is 348 g/mol. The molecule has 0 atom stereocenters. The predicted octanol–water partition coefficient (Wildman–Crippen LogP) is 2.76. The maximum Gasteiger partial charge on any atom is 0.251 e. The Bertz CT molecular complexity index is 720. The van der Waals surface area contributed by atoms with E-state index in [0.29, 0.717) is 11.3 Å². The van der Waals surface area contributed by atoms with Gasteiger partial charge < -0.3 is 5.32 Å². The molecule has 24 heavy (non-hydrogen) atoms. The lowest BCUT2D eigenvalue weighted by atomic mass is 9.53. The van der Waals surface area contributed by atoms with Crippen molar-refractivity contribution in [3.05, 3.63) is 29.8 Å². The lowest BCUT2D eigenvalue weighted by Crippen LogP contribution is -2.59. The van der Waals surface area contributed by atoms with E-state index in [2.05, 4.69) is 10.0 Å². The lowest BCUT2D eigenvalue weighted by Gasteiger charge is -2.56. The summed E-state index contributed by atoms with van der Waals surface area (Å²) in [6.45, 7) is 0. The Balaban J connectivity index is 1.46. The summed E-state index contributed by atoms with van der Waals surface area (Å²) in [7, 11) is -3.30. The Hall–Kier alpha value is -1.56. The number of carbonyl (C=O) groups is 1. The molecule has 6 heteroatoms. The molecule has 1 aromatic carbocycles. The summed E-state index contributed by atoms with van der Waals surface area (Å²) in [6, 6.07) is 6.64. The first-order chi connectivity index (χ1) is 11.3. The fourth-order valence-electron chi connectivity index (χ4n) is 5.48. The van der Waals surface area contributed by atoms with E-state index in [1.54, 1.807) is 24.3 Å². The molecular formula is C18H24N2O3S. The van der Waals surface area contributed by atoms with Gasteiger partial charge in [0.2, 0.25) is 10.0 Å². The van der Waals surface area contributed by atoms with Crippen LogP contribution >= 0.6 is 0 Å². The molecule has 5 nitrogen and oxygen atoms in total. The zero-order chi connectivity index (χ0) is 16.9. The first-order valence-electron chi connectivity index (χ1n) is 8.71. The molecule has 0 radical (unpaired) electrons. The van der Waals surface area contributed by atoms with Crippen molar-refractivity contribution in [1.29, 1.82) is 0 Å². The minimum absolute atomic E-state index is 0.00445. The first kappa shape index (κ1) is 15.9. The van der Waals surface area contributed by atoms with E-state index >= 15 is 0 Å². The third kappa shape index (κ3) is 3.16. The van der Waals surface area contributed by atoms with Crippen molar-refractivity contribution in [2.75, 3.05) is 11.0 Å². The molecule has 4 saturated carbocycles. The smallest absolute Gasteiger partial charge is 0.251 e. The molecule has 0 aromatic heterocycles. The topological polar surface area (TPSA) is 75.3 Å². The Kier molecular flexibility index (Phi) is 3.64. The Morgan fingerprint density at radius 1 is 1.00 bits per heavy atom. The summed E-state index contributed by atoms with van der Waals surface area (Å²) < 4.78 is 24.9. The van der Waals surface area contributed by atoms with Gasteiger partial charge in [-0.15, -0.1) is 0 Å². The number of rotatable bonds is 4. The summed E-state index contributed by atoms with van der Waals surface area (Å²) in [4.78, 5) is 12.7. The van der Waals surface area contributed by atoms with Crippen LogP contribution in [-0.2, 0) is 10.0 Å². The summed E-state index contributed by atoms with van der Waals surface area (Å²) in [5.74, 6) is 2.33. The van der Waals surface area contributed by atoms with Crippen LogP contribution in [0.4, 0.5) is 5.69 Å². The van der Waals surface area contributed by atoms with Gasteiger partial charge in [-0.3, -0.25) is 9.52 Å². The van der Waals surface area contributed by atoms with Gasteiger partial charge in [0.25, 0.3) is 5.91 Å². The number of hydrogen-bond acceptors (Lipinski definition) is 3. The number of benzene rings is 1. The Morgan fingerprint density at radius 3 is 1.96 bits per heavy atom. The molecule has 0 spiro atoms. The summed E-state index contributed by atoms with van der Waals surface area (Å²) in [6.07, 6.45) is 8.53. The lowest BCUT2D eigenvalue weighted by molar-refractivity contribution is -0.0167. The van der Waals surface area contributed by atoms with Gasteiger partial charge in [0.15, 0.2) is 0 Å². The quantitative estimate of drug-likeness (QED) is 0.878. The minimum Gasteiger partial charge on any atom is -0.347 e. The SMILES string of the molecule is CS(=O)(=O)Nc1ccc(C(=O)NC23CC4CC(CC(C4)C2)C3)cc1. The normalized spacial score (nSPS) is 34.1. The second-order valence-electron chi connectivity index (χ2n) is 8.10. The van der Waals surface area contributed by atoms with E-state index < -0.39 is 10.0 Å². The first-order valence-corrected chi connectivity index (χ1v) is 10.6. The average Bonchev–Trinajstić information content (AvgIpc) is 2.44. The van der Waals surface area contributed by atoms with Crippen molar-refractivity contribution >= 4 is 21.6 Å². The third-order valence-electron chi connectivity index (χ3n) is 5.87. The van der Waals surface area contributed by atoms with Crippen LogP contribution in [0.1, 0.15) is 48.9 Å². The zero-order valence-corrected chi connectivity index (χ0v) is 14.7. The van der Waals surface area contributed by atoms with Crippen LogP contribution in [0, 0.1) is 17.8 Å². The Labute approximate surface area is 143 Å². The average molecular weight is 348 g/mol. The zero-order valence-electron chi connectivity index (χ0n) is 13.9. The van der Waals surface area contributed by atoms with Crippen molar-refractivity contribution in [3.63, 3.8) is 0 Å². The summed E-state index contributed by atoms with van der Waals surface area (Å²) in [5.41, 5.74) is 1.06. The van der Waals surface area contributed by atoms with Crippen molar-refractivity contribution in [2.24, 2.45) is 17.8 Å². The Morgan fingerprint density at radius 2 is 1.50 bits per heavy atom. The highest BCUT2D eigenvalue weighted by molar-refractivity contribution is 7.92. The van der Waals surface area contributed by atoms with E-state index in [1.807, 2.05) is 0 Å². The van der Waals surface area contributed by atoms with Gasteiger partial charge in [-0.25, -0.2) is 8.42 Å². The van der Waals surface area contributed by atoms with Crippen LogP contribution in [0.15, 0.2) is 24.3 Å². The molecule has 1 amide bonds. The molecule has 0 unspecified atom stereocenters. The van der Waals surface area contributed by atoms with Gasteiger partial charge in [-0.05, 0) is 80.5 Å². The summed E-state index contributed by atoms with van der Waals surface area (Å²) in [5, 5.41) is 3.33. The minimum atomic E-state index is -3.30. The second-order valence-corrected chi connectivity index (χ2v) is 9.85. The maximum atomic E-state index is 12.7. The highest BCUT2D eigenvalue weighted by Gasteiger charge is 2.51. The van der Waals surface area contributed by atoms with Gasteiger partial charge in [0.05, 0.1) is 6.26 Å². The molecule has 4 fully saturated rings. The molecule has 130 valence electrons. The molecule has 4 aliphatic rings. The van der Waals surface area contributed by atoms with Crippen LogP contribution < -0.4 is 10.0 Å². The number of carbonyl (C=O) groups excluding carboxylic acids is 1. The van der Waals surface area contributed by atoms with Crippen LogP contribution in [-0.4, -0.2) is 26.1 Å². The molecule has 5 rings (SSSR count). The number of hydrogen-bond donors (Lipinski definition) is 2. The van der Waals surface area contributed by atoms with E-state index in [1.165, 1.54) is 19.3 Å². The molecule has 0 saturated heterocycles. The van der Waals surface area contributed by atoms with E-state index in [9.17, 15) is 13.2 Å². The number of amides is 1. The number of sulfonamides is 1. The van der Waals surface area contributed by atoms with Crippen molar-refractivity contribution in [1.82, 2.24) is 5.32 Å². The molecule has 1 aromatic rings. The molecule has 4 bridgehead atoms. The van der Waals surface area contributed by atoms with Gasteiger partial charge >= 0.3 is 0 Å². The van der Waals surface area contributed by atoms with Crippen molar-refractivity contribution < 1.29 is 13.2 Å². The standard InChI is InChI=1S/C18H24N2O3S/c1-24(22,23)20-16-4-2-15(3-5-16)17(21)19-18-9-12-6-13(10-18)8-14(7-12)11-18/h2-5,12-14,20H,6-11H2,1H3,(H,19,21). The van der Waals surface area contributed by atoms with E-state index in [0.717, 1.165) is 43.3 Å². The molecule has 0 heterocycles. The predicted molar refractivity (Wildman–Crippen MR) is 93.3 cm³/mol. The van der Waals surface area contributed by atoms with Crippen molar-refractivity contribution in [3.8, 4) is 0 Å².